The molecule has 0 aromatic rings. The molecule has 0 saturated carbocycles. The SMILES string of the molecule is CC1=CC2=CSCC2=C1.[Zr]. The molecular formula is C8H8SZr. The number of allylic oxidation sites excluding steroid dienone is 4. The van der Waals surface area contributed by atoms with Crippen LogP contribution in [0.2, 0.25) is 0 Å². The quantitative estimate of drug-likeness (QED) is 0.613. The summed E-state index contributed by atoms with van der Waals surface area (Å²) >= 11 is 1.89. The average molecular weight is 227 g/mol. The fourth-order valence-electron chi connectivity index (χ4n) is 1.19. The van der Waals surface area contributed by atoms with E-state index in [1.807, 2.05) is 11.8 Å². The number of rotatable bonds is 0. The van der Waals surface area contributed by atoms with E-state index in [0.29, 0.717) is 0 Å². The van der Waals surface area contributed by atoms with Crippen molar-refractivity contribution in [1.29, 1.82) is 0 Å². The molecule has 0 amide bonds. The Bertz CT molecular complexity index is 236. The Morgan fingerprint density at radius 2 is 2.20 bits per heavy atom. The Morgan fingerprint density at radius 3 is 2.90 bits per heavy atom. The zero-order valence-corrected chi connectivity index (χ0v) is 9.12. The summed E-state index contributed by atoms with van der Waals surface area (Å²) in [7, 11) is 0. The zero-order valence-electron chi connectivity index (χ0n) is 5.85. The molecule has 0 unspecified atom stereocenters. The Balaban J connectivity index is 0.000000500. The fraction of sp³-hybridized carbons (Fsp3) is 0.250. The molecule has 0 nitrogen and oxygen atoms in total. The molecule has 0 aromatic heterocycles. The first-order chi connectivity index (χ1) is 4.36. The monoisotopic (exact) mass is 226 g/mol. The topological polar surface area (TPSA) is 0 Å². The van der Waals surface area contributed by atoms with Crippen molar-refractivity contribution in [2.45, 2.75) is 6.92 Å². The van der Waals surface area contributed by atoms with E-state index in [2.05, 4.69) is 24.5 Å². The van der Waals surface area contributed by atoms with E-state index in [1.54, 1.807) is 0 Å². The Hall–Kier alpha value is 0.453. The van der Waals surface area contributed by atoms with Crippen molar-refractivity contribution in [2.75, 3.05) is 5.75 Å². The molecular weight excluding hydrogens is 219 g/mol. The molecule has 10 heavy (non-hydrogen) atoms. The van der Waals surface area contributed by atoms with Gasteiger partial charge in [-0.25, -0.2) is 0 Å². The number of fused-ring (bicyclic) bond motifs is 1. The van der Waals surface area contributed by atoms with Crippen LogP contribution in [-0.4, -0.2) is 5.75 Å². The van der Waals surface area contributed by atoms with E-state index in [4.69, 9.17) is 0 Å². The van der Waals surface area contributed by atoms with Crippen LogP contribution in [0, 0.1) is 0 Å². The molecule has 1 aliphatic heterocycles. The summed E-state index contributed by atoms with van der Waals surface area (Å²) in [5, 5.41) is 2.24. The summed E-state index contributed by atoms with van der Waals surface area (Å²) in [6, 6.07) is 0. The molecule has 0 bridgehead atoms. The first-order valence-electron chi connectivity index (χ1n) is 3.07. The second-order valence-corrected chi connectivity index (χ2v) is 3.30. The minimum absolute atomic E-state index is 0. The van der Waals surface area contributed by atoms with Crippen LogP contribution in [0.25, 0.3) is 0 Å². The Morgan fingerprint density at radius 1 is 1.40 bits per heavy atom. The van der Waals surface area contributed by atoms with Gasteiger partial charge in [0.25, 0.3) is 0 Å². The summed E-state index contributed by atoms with van der Waals surface area (Å²) in [6.07, 6.45) is 4.52. The van der Waals surface area contributed by atoms with Crippen LogP contribution in [0.3, 0.4) is 0 Å². The van der Waals surface area contributed by atoms with E-state index in [1.165, 1.54) is 22.5 Å². The van der Waals surface area contributed by atoms with Crippen molar-refractivity contribution >= 4 is 11.8 Å². The maximum absolute atomic E-state index is 2.27. The van der Waals surface area contributed by atoms with E-state index in [-0.39, 0.29) is 26.2 Å². The molecule has 0 radical (unpaired) electrons. The van der Waals surface area contributed by atoms with Crippen LogP contribution in [0.5, 0.6) is 0 Å². The van der Waals surface area contributed by atoms with Crippen LogP contribution >= 0.6 is 11.8 Å². The summed E-state index contributed by atoms with van der Waals surface area (Å²) < 4.78 is 0. The standard InChI is InChI=1S/C8H8S.Zr/c1-6-2-7-4-9-5-8(7)3-6;/h2-4H,5H2,1H3;. The van der Waals surface area contributed by atoms with Crippen molar-refractivity contribution in [3.63, 3.8) is 0 Å². The van der Waals surface area contributed by atoms with Gasteiger partial charge < -0.3 is 0 Å². The molecule has 0 saturated heterocycles. The smallest absolute Gasteiger partial charge is 0.0232 e. The van der Waals surface area contributed by atoms with Gasteiger partial charge >= 0.3 is 0 Å². The fourth-order valence-corrected chi connectivity index (χ4v) is 2.11. The van der Waals surface area contributed by atoms with Gasteiger partial charge in [-0.1, -0.05) is 17.7 Å². The molecule has 2 aliphatic rings. The first kappa shape index (κ1) is 8.55. The Labute approximate surface area is 84.6 Å². The van der Waals surface area contributed by atoms with Crippen LogP contribution in [-0.2, 0) is 26.2 Å². The predicted octanol–water partition coefficient (Wildman–Crippen LogP) is 2.50. The summed E-state index contributed by atoms with van der Waals surface area (Å²) in [6.45, 7) is 2.15. The maximum atomic E-state index is 2.27. The van der Waals surface area contributed by atoms with Gasteiger partial charge in [-0.05, 0) is 23.5 Å². The molecule has 50 valence electrons. The largest absolute Gasteiger partial charge is 0.129 e. The summed E-state index contributed by atoms with van der Waals surface area (Å²) in [5.74, 6) is 1.18. The average Bonchev–Trinajstić information content (AvgIpc) is 2.22. The van der Waals surface area contributed by atoms with Gasteiger partial charge in [0.15, 0.2) is 0 Å². The molecule has 0 aromatic carbocycles. The van der Waals surface area contributed by atoms with Gasteiger partial charge in [0.2, 0.25) is 0 Å². The van der Waals surface area contributed by atoms with Crippen LogP contribution < -0.4 is 0 Å². The van der Waals surface area contributed by atoms with Gasteiger partial charge in [-0.2, -0.15) is 0 Å². The molecule has 2 rings (SSSR count). The number of thioether (sulfide) groups is 1. The van der Waals surface area contributed by atoms with E-state index in [9.17, 15) is 0 Å². The molecule has 0 fully saturated rings. The third-order valence-electron chi connectivity index (χ3n) is 1.61. The maximum Gasteiger partial charge on any atom is 0.0232 e. The van der Waals surface area contributed by atoms with E-state index < -0.39 is 0 Å². The van der Waals surface area contributed by atoms with Crippen molar-refractivity contribution in [3.05, 3.63) is 34.3 Å². The van der Waals surface area contributed by atoms with Crippen molar-refractivity contribution < 1.29 is 26.2 Å². The number of hydrogen-bond donors (Lipinski definition) is 0. The molecule has 0 atom stereocenters. The van der Waals surface area contributed by atoms with Gasteiger partial charge in [0.05, 0.1) is 0 Å². The van der Waals surface area contributed by atoms with Gasteiger partial charge in [-0.15, -0.1) is 11.8 Å². The van der Waals surface area contributed by atoms with Gasteiger partial charge in [0.1, 0.15) is 0 Å². The minimum atomic E-state index is 0. The van der Waals surface area contributed by atoms with Crippen molar-refractivity contribution in [3.8, 4) is 0 Å². The van der Waals surface area contributed by atoms with Gasteiger partial charge in [-0.3, -0.25) is 0 Å². The molecule has 1 heterocycles. The zero-order chi connectivity index (χ0) is 6.27. The minimum Gasteiger partial charge on any atom is -0.129 e. The molecule has 2 heteroatoms. The number of hydrogen-bond acceptors (Lipinski definition) is 1. The van der Waals surface area contributed by atoms with Gasteiger partial charge in [0, 0.05) is 32.0 Å². The van der Waals surface area contributed by atoms with Crippen molar-refractivity contribution in [2.24, 2.45) is 0 Å². The first-order valence-corrected chi connectivity index (χ1v) is 4.12. The molecule has 0 N–H and O–H groups in total. The third-order valence-corrected chi connectivity index (χ3v) is 2.50. The second kappa shape index (κ2) is 3.23. The van der Waals surface area contributed by atoms with Crippen molar-refractivity contribution in [1.82, 2.24) is 0 Å². The van der Waals surface area contributed by atoms with Crippen LogP contribution in [0.4, 0.5) is 0 Å². The van der Waals surface area contributed by atoms with E-state index in [0.717, 1.165) is 0 Å². The van der Waals surface area contributed by atoms with E-state index >= 15 is 0 Å². The molecule has 1 aliphatic carbocycles. The van der Waals surface area contributed by atoms with Crippen LogP contribution in [0.1, 0.15) is 6.92 Å². The normalized spacial score (nSPS) is 20.7. The van der Waals surface area contributed by atoms with Crippen LogP contribution in [0.15, 0.2) is 34.3 Å². The predicted molar refractivity (Wildman–Crippen MR) is 42.4 cm³/mol. The third kappa shape index (κ3) is 1.38. The second-order valence-electron chi connectivity index (χ2n) is 2.44. The summed E-state index contributed by atoms with van der Waals surface area (Å²) in [4.78, 5) is 0. The summed E-state index contributed by atoms with van der Waals surface area (Å²) in [5.41, 5.74) is 4.35. The Kier molecular flexibility index (Phi) is 2.76. The molecule has 0 spiro atoms.